The molecule has 2 fully saturated rings. The number of aliphatic hydroxyl groups excluding tert-OH is 4. The summed E-state index contributed by atoms with van der Waals surface area (Å²) >= 11 is 0. The van der Waals surface area contributed by atoms with Gasteiger partial charge in [0.15, 0.2) is 0 Å². The summed E-state index contributed by atoms with van der Waals surface area (Å²) in [6.07, 6.45) is 0.772. The molecule has 2 saturated heterocycles. The Hall–Kier alpha value is -2.20. The van der Waals surface area contributed by atoms with Crippen LogP contribution in [0.2, 0.25) is 0 Å². The quantitative estimate of drug-likeness (QED) is 0.237. The molecular weight excluding hydrogens is 592 g/mol. The molecule has 2 aliphatic rings. The van der Waals surface area contributed by atoms with Crippen LogP contribution in [0.1, 0.15) is 106 Å². The van der Waals surface area contributed by atoms with Crippen molar-refractivity contribution in [1.29, 1.82) is 0 Å². The van der Waals surface area contributed by atoms with Crippen LogP contribution in [0.5, 0.6) is 11.5 Å². The van der Waals surface area contributed by atoms with Crippen molar-refractivity contribution in [3.05, 3.63) is 59.7 Å². The molecule has 2 aromatic carbocycles. The molecule has 2 aromatic rings. The summed E-state index contributed by atoms with van der Waals surface area (Å²) in [5.41, 5.74) is 1.16. The zero-order chi connectivity index (χ0) is 35.0. The fraction of sp³-hybridized carbons (Fsp3) is 0.692. The minimum absolute atomic E-state index is 0.195. The molecule has 2 atom stereocenters. The number of ether oxygens (including phenoxy) is 2. The Kier molecular flexibility index (Phi) is 11.2. The molecule has 264 valence electrons. The van der Waals surface area contributed by atoms with Crippen molar-refractivity contribution in [3.8, 4) is 11.5 Å². The monoisotopic (exact) mass is 654 g/mol. The van der Waals surface area contributed by atoms with Gasteiger partial charge in [-0.15, -0.1) is 0 Å². The van der Waals surface area contributed by atoms with E-state index in [2.05, 4.69) is 103 Å². The standard InChI is InChI=1S/C39H62N2O6/c1-35(2)19-29(42)20-36(3,4)40(35)23-31(44)25-46-33-15-11-27(12-16-33)39(9,10)28-13-17-34(18-14-28)47-26-32(45)24-41-37(5,6)21-30(43)22-38(41,7)8/h11-18,29-32,42-45H,19-26H2,1-10H3. The maximum Gasteiger partial charge on any atom is 0.119 e. The van der Waals surface area contributed by atoms with Gasteiger partial charge in [-0.2, -0.15) is 0 Å². The molecule has 8 heteroatoms. The molecule has 2 aliphatic heterocycles. The first-order valence-electron chi connectivity index (χ1n) is 17.4. The molecule has 0 aromatic heterocycles. The molecule has 0 amide bonds. The van der Waals surface area contributed by atoms with Crippen LogP contribution in [-0.2, 0) is 5.41 Å². The smallest absolute Gasteiger partial charge is 0.119 e. The fourth-order valence-electron chi connectivity index (χ4n) is 8.53. The first kappa shape index (κ1) is 37.6. The van der Waals surface area contributed by atoms with E-state index in [9.17, 15) is 20.4 Å². The van der Waals surface area contributed by atoms with E-state index < -0.39 is 12.2 Å². The number of hydrogen-bond acceptors (Lipinski definition) is 8. The van der Waals surface area contributed by atoms with Crippen molar-refractivity contribution in [2.75, 3.05) is 26.3 Å². The van der Waals surface area contributed by atoms with Gasteiger partial charge in [0.05, 0.1) is 12.2 Å². The SMILES string of the molecule is CC(C)(c1ccc(OCC(O)CN2C(C)(C)CC(O)CC2(C)C)cc1)c1ccc(OCC(O)CN2C(C)(C)CC(O)CC2(C)C)cc1. The van der Waals surface area contributed by atoms with Gasteiger partial charge in [0, 0.05) is 40.7 Å². The van der Waals surface area contributed by atoms with Crippen LogP contribution in [0.3, 0.4) is 0 Å². The summed E-state index contributed by atoms with van der Waals surface area (Å²) in [5, 5.41) is 42.4. The number of benzene rings is 2. The predicted octanol–water partition coefficient (Wildman–Crippen LogP) is 5.52. The van der Waals surface area contributed by atoms with E-state index in [4.69, 9.17) is 9.47 Å². The van der Waals surface area contributed by atoms with Gasteiger partial charge in [-0.3, -0.25) is 9.80 Å². The normalized spacial score (nSPS) is 23.3. The first-order chi connectivity index (χ1) is 21.6. The zero-order valence-corrected chi connectivity index (χ0v) is 30.6. The van der Waals surface area contributed by atoms with Crippen LogP contribution in [0.15, 0.2) is 48.5 Å². The van der Waals surface area contributed by atoms with E-state index >= 15 is 0 Å². The number of rotatable bonds is 12. The summed E-state index contributed by atoms with van der Waals surface area (Å²) in [6, 6.07) is 16.1. The Morgan fingerprint density at radius 1 is 0.596 bits per heavy atom. The lowest BCUT2D eigenvalue weighted by Crippen LogP contribution is -2.63. The summed E-state index contributed by atoms with van der Waals surface area (Å²) in [7, 11) is 0. The number of hydrogen-bond donors (Lipinski definition) is 4. The van der Waals surface area contributed by atoms with Crippen LogP contribution >= 0.6 is 0 Å². The molecule has 8 nitrogen and oxygen atoms in total. The van der Waals surface area contributed by atoms with Gasteiger partial charge in [-0.25, -0.2) is 0 Å². The third-order valence-corrected chi connectivity index (χ3v) is 10.7. The molecule has 0 spiro atoms. The van der Waals surface area contributed by atoms with Crippen molar-refractivity contribution < 1.29 is 29.9 Å². The summed E-state index contributed by atoms with van der Waals surface area (Å²) in [4.78, 5) is 4.60. The minimum atomic E-state index is -0.653. The highest BCUT2D eigenvalue weighted by Crippen LogP contribution is 2.40. The van der Waals surface area contributed by atoms with Gasteiger partial charge in [0.1, 0.15) is 36.9 Å². The highest BCUT2D eigenvalue weighted by molar-refractivity contribution is 5.41. The minimum Gasteiger partial charge on any atom is -0.491 e. The molecule has 0 bridgehead atoms. The average Bonchev–Trinajstić information content (AvgIpc) is 2.94. The molecular formula is C39H62N2O6. The average molecular weight is 655 g/mol. The first-order valence-corrected chi connectivity index (χ1v) is 17.4. The number of aliphatic hydroxyl groups is 4. The lowest BCUT2D eigenvalue weighted by Gasteiger charge is -2.55. The van der Waals surface area contributed by atoms with Crippen molar-refractivity contribution in [1.82, 2.24) is 9.80 Å². The van der Waals surface area contributed by atoms with Crippen LogP contribution in [0, 0.1) is 0 Å². The van der Waals surface area contributed by atoms with Gasteiger partial charge < -0.3 is 29.9 Å². The molecule has 4 N–H and O–H groups in total. The van der Waals surface area contributed by atoms with E-state index in [1.807, 2.05) is 24.3 Å². The molecule has 47 heavy (non-hydrogen) atoms. The van der Waals surface area contributed by atoms with Gasteiger partial charge in [0.2, 0.25) is 0 Å². The Labute approximate surface area is 283 Å². The van der Waals surface area contributed by atoms with Gasteiger partial charge in [0.25, 0.3) is 0 Å². The van der Waals surface area contributed by atoms with E-state index in [0.29, 0.717) is 50.3 Å². The number of nitrogens with zero attached hydrogens (tertiary/aromatic N) is 2. The topological polar surface area (TPSA) is 106 Å². The zero-order valence-electron chi connectivity index (χ0n) is 30.6. The maximum atomic E-state index is 10.9. The van der Waals surface area contributed by atoms with Crippen LogP contribution in [-0.4, -0.2) is 103 Å². The molecule has 2 heterocycles. The lowest BCUT2D eigenvalue weighted by molar-refractivity contribution is -0.100. The van der Waals surface area contributed by atoms with Gasteiger partial charge in [-0.1, -0.05) is 38.1 Å². The van der Waals surface area contributed by atoms with Crippen LogP contribution in [0.25, 0.3) is 0 Å². The second kappa shape index (κ2) is 14.0. The fourth-order valence-corrected chi connectivity index (χ4v) is 8.53. The third-order valence-electron chi connectivity index (χ3n) is 10.7. The van der Waals surface area contributed by atoms with E-state index in [0.717, 1.165) is 11.1 Å². The Bertz CT molecular complexity index is 1170. The highest BCUT2D eigenvalue weighted by atomic mass is 16.5. The van der Waals surface area contributed by atoms with E-state index in [-0.39, 0.29) is 53.0 Å². The van der Waals surface area contributed by atoms with Gasteiger partial charge in [-0.05, 0) is 116 Å². The molecule has 4 rings (SSSR count). The summed E-state index contributed by atoms with van der Waals surface area (Å²) in [6.45, 7) is 22.7. The van der Waals surface area contributed by atoms with E-state index in [1.165, 1.54) is 0 Å². The van der Waals surface area contributed by atoms with Crippen molar-refractivity contribution in [2.24, 2.45) is 0 Å². The number of β-amino-alcohol motifs (C(OH)–C–C–N with tert-alkyl or cyclic N) is 2. The Morgan fingerprint density at radius 2 is 0.872 bits per heavy atom. The largest absolute Gasteiger partial charge is 0.491 e. The van der Waals surface area contributed by atoms with Crippen molar-refractivity contribution >= 4 is 0 Å². The number of piperidine rings is 2. The molecule has 2 unspecified atom stereocenters. The highest BCUT2D eigenvalue weighted by Gasteiger charge is 2.46. The van der Waals surface area contributed by atoms with Crippen LogP contribution in [0.4, 0.5) is 0 Å². The Morgan fingerprint density at radius 3 is 1.15 bits per heavy atom. The second-order valence-electron chi connectivity index (χ2n) is 17.2. The van der Waals surface area contributed by atoms with Crippen molar-refractivity contribution in [2.45, 2.75) is 147 Å². The number of likely N-dealkylation sites (tertiary alicyclic amines) is 2. The molecule has 0 radical (unpaired) electrons. The van der Waals surface area contributed by atoms with Crippen LogP contribution < -0.4 is 9.47 Å². The summed E-state index contributed by atoms with van der Waals surface area (Å²) in [5.74, 6) is 1.43. The lowest BCUT2D eigenvalue weighted by atomic mass is 9.78. The third kappa shape index (κ3) is 9.08. The predicted molar refractivity (Wildman–Crippen MR) is 188 cm³/mol. The summed E-state index contributed by atoms with van der Waals surface area (Å²) < 4.78 is 12.0. The second-order valence-corrected chi connectivity index (χ2v) is 17.2. The molecule has 0 saturated carbocycles. The molecule has 0 aliphatic carbocycles. The maximum absolute atomic E-state index is 10.9. The van der Waals surface area contributed by atoms with E-state index in [1.54, 1.807) is 0 Å². The van der Waals surface area contributed by atoms with Crippen molar-refractivity contribution in [3.63, 3.8) is 0 Å². The van der Waals surface area contributed by atoms with Gasteiger partial charge >= 0.3 is 0 Å². The Balaban J connectivity index is 1.29.